The fourth-order valence-electron chi connectivity index (χ4n) is 2.59. The summed E-state index contributed by atoms with van der Waals surface area (Å²) in [7, 11) is -3.71. The Morgan fingerprint density at radius 3 is 2.28 bits per heavy atom. The van der Waals surface area contributed by atoms with Crippen LogP contribution in [0.2, 0.25) is 5.02 Å². The van der Waals surface area contributed by atoms with E-state index < -0.39 is 27.3 Å². The molecule has 1 N–H and O–H groups in total. The van der Waals surface area contributed by atoms with E-state index >= 15 is 0 Å². The molecule has 0 saturated carbocycles. The number of ether oxygens (including phenoxy) is 1. The van der Waals surface area contributed by atoms with Gasteiger partial charge in [-0.2, -0.15) is 4.31 Å². The molecule has 29 heavy (non-hydrogen) atoms. The monoisotopic (exact) mass is 442 g/mol. The Balaban J connectivity index is 2.26. The first-order valence-electron chi connectivity index (χ1n) is 9.07. The Kier molecular flexibility index (Phi) is 7.26. The lowest BCUT2D eigenvalue weighted by Gasteiger charge is -2.26. The Hall–Kier alpha value is -2.16. The molecule has 0 aliphatic rings. The highest BCUT2D eigenvalue weighted by molar-refractivity contribution is 7.89. The maximum absolute atomic E-state index is 13.1. The average molecular weight is 443 g/mol. The summed E-state index contributed by atoms with van der Waals surface area (Å²) in [6, 6.07) is 9.40. The van der Waals surface area contributed by atoms with Crippen molar-refractivity contribution in [2.45, 2.75) is 38.2 Å². The molecule has 0 aromatic heterocycles. The van der Waals surface area contributed by atoms with E-state index in [1.54, 1.807) is 13.8 Å². The molecule has 1 amide bonds. The highest BCUT2D eigenvalue weighted by atomic mass is 35.5. The molecule has 2 aromatic rings. The van der Waals surface area contributed by atoms with E-state index in [0.29, 0.717) is 18.8 Å². The quantitative estimate of drug-likeness (QED) is 0.661. The van der Waals surface area contributed by atoms with Gasteiger partial charge in [0, 0.05) is 13.1 Å². The fourth-order valence-corrected chi connectivity index (χ4v) is 4.24. The second-order valence-corrected chi connectivity index (χ2v) is 9.10. The first-order chi connectivity index (χ1) is 13.5. The second-order valence-electron chi connectivity index (χ2n) is 6.75. The number of halogens is 2. The third-order valence-electron chi connectivity index (χ3n) is 4.26. The van der Waals surface area contributed by atoms with Crippen LogP contribution in [0, 0.1) is 5.82 Å². The van der Waals surface area contributed by atoms with Gasteiger partial charge < -0.3 is 10.1 Å². The van der Waals surface area contributed by atoms with Gasteiger partial charge in [-0.3, -0.25) is 4.79 Å². The molecule has 9 heteroatoms. The summed E-state index contributed by atoms with van der Waals surface area (Å²) in [5, 5.41) is 2.81. The smallest absolute Gasteiger partial charge is 0.268 e. The van der Waals surface area contributed by atoms with Crippen molar-refractivity contribution in [3.05, 3.63) is 53.3 Å². The summed E-state index contributed by atoms with van der Waals surface area (Å²) < 4.78 is 45.5. The van der Waals surface area contributed by atoms with Crippen molar-refractivity contribution >= 4 is 33.2 Å². The highest BCUT2D eigenvalue weighted by Crippen LogP contribution is 2.28. The van der Waals surface area contributed by atoms with Gasteiger partial charge in [0.05, 0.1) is 15.6 Å². The Morgan fingerprint density at radius 1 is 1.14 bits per heavy atom. The van der Waals surface area contributed by atoms with Crippen LogP contribution in [0.5, 0.6) is 5.75 Å². The van der Waals surface area contributed by atoms with Crippen LogP contribution >= 0.6 is 11.6 Å². The van der Waals surface area contributed by atoms with Gasteiger partial charge in [0.15, 0.2) is 5.60 Å². The first-order valence-corrected chi connectivity index (χ1v) is 10.9. The molecule has 0 saturated heterocycles. The molecular weight excluding hydrogens is 419 g/mol. The van der Waals surface area contributed by atoms with Gasteiger partial charge in [-0.15, -0.1) is 0 Å². The predicted octanol–water partition coefficient (Wildman–Crippen LogP) is 4.31. The zero-order valence-electron chi connectivity index (χ0n) is 16.7. The number of sulfonamides is 1. The Bertz CT molecular complexity index is 974. The van der Waals surface area contributed by atoms with Crippen LogP contribution in [0.25, 0.3) is 0 Å². The van der Waals surface area contributed by atoms with Crippen LogP contribution in [-0.4, -0.2) is 37.3 Å². The largest absolute Gasteiger partial charge is 0.478 e. The average Bonchev–Trinajstić information content (AvgIpc) is 2.65. The van der Waals surface area contributed by atoms with Gasteiger partial charge in [0.1, 0.15) is 11.6 Å². The van der Waals surface area contributed by atoms with Crippen molar-refractivity contribution in [3.8, 4) is 5.75 Å². The van der Waals surface area contributed by atoms with Crippen LogP contribution in [0.4, 0.5) is 10.1 Å². The molecule has 0 bridgehead atoms. The molecule has 0 aliphatic heterocycles. The summed E-state index contributed by atoms with van der Waals surface area (Å²) in [6.45, 7) is 7.21. The summed E-state index contributed by atoms with van der Waals surface area (Å²) in [4.78, 5) is 12.8. The van der Waals surface area contributed by atoms with Crippen LogP contribution < -0.4 is 10.1 Å². The van der Waals surface area contributed by atoms with Crippen molar-refractivity contribution in [3.63, 3.8) is 0 Å². The maximum atomic E-state index is 13.1. The van der Waals surface area contributed by atoms with E-state index in [2.05, 4.69) is 5.32 Å². The number of nitrogens with one attached hydrogen (secondary N) is 1. The van der Waals surface area contributed by atoms with Crippen LogP contribution in [0.1, 0.15) is 27.7 Å². The van der Waals surface area contributed by atoms with Gasteiger partial charge in [-0.05, 0) is 56.3 Å². The lowest BCUT2D eigenvalue weighted by atomic mass is 10.1. The molecular formula is C20H24ClFN2O4S. The highest BCUT2D eigenvalue weighted by Gasteiger charge is 2.31. The van der Waals surface area contributed by atoms with Gasteiger partial charge >= 0.3 is 0 Å². The minimum absolute atomic E-state index is 0.0261. The molecule has 2 aromatic carbocycles. The van der Waals surface area contributed by atoms with Crippen molar-refractivity contribution in [1.29, 1.82) is 0 Å². The summed E-state index contributed by atoms with van der Waals surface area (Å²) in [6.07, 6.45) is 0. The van der Waals surface area contributed by atoms with Gasteiger partial charge in [-0.1, -0.05) is 25.4 Å². The van der Waals surface area contributed by atoms with Crippen LogP contribution in [-0.2, 0) is 14.8 Å². The van der Waals surface area contributed by atoms with Crippen molar-refractivity contribution in [2.75, 3.05) is 18.4 Å². The molecule has 158 valence electrons. The summed E-state index contributed by atoms with van der Waals surface area (Å²) in [5.74, 6) is -0.644. The lowest BCUT2D eigenvalue weighted by molar-refractivity contribution is -0.128. The second kappa shape index (κ2) is 9.11. The zero-order valence-corrected chi connectivity index (χ0v) is 18.3. The van der Waals surface area contributed by atoms with E-state index in [1.165, 1.54) is 60.6 Å². The molecule has 0 unspecified atom stereocenters. The third-order valence-corrected chi connectivity index (χ3v) is 6.64. The standard InChI is InChI=1S/C20H24ClFN2O4S/c1-5-24(6-2)29(26,27)16-11-12-17(21)18(13-16)23-19(25)20(3,4)28-15-9-7-14(22)8-10-15/h7-13H,5-6H2,1-4H3,(H,23,25). The number of hydrogen-bond donors (Lipinski definition) is 1. The molecule has 0 atom stereocenters. The number of anilines is 1. The van der Waals surface area contributed by atoms with E-state index in [-0.39, 0.29) is 15.6 Å². The number of carbonyl (C=O) groups excluding carboxylic acids is 1. The molecule has 6 nitrogen and oxygen atoms in total. The normalized spacial score (nSPS) is 12.1. The maximum Gasteiger partial charge on any atom is 0.268 e. The number of hydrogen-bond acceptors (Lipinski definition) is 4. The molecule has 0 fully saturated rings. The van der Waals surface area contributed by atoms with Gasteiger partial charge in [0.25, 0.3) is 5.91 Å². The number of nitrogens with zero attached hydrogens (tertiary/aromatic N) is 1. The van der Waals surface area contributed by atoms with Crippen LogP contribution in [0.3, 0.4) is 0 Å². The van der Waals surface area contributed by atoms with E-state index in [4.69, 9.17) is 16.3 Å². The number of carbonyl (C=O) groups is 1. The lowest BCUT2D eigenvalue weighted by Crippen LogP contribution is -2.42. The Morgan fingerprint density at radius 2 is 1.72 bits per heavy atom. The summed E-state index contributed by atoms with van der Waals surface area (Å²) >= 11 is 6.16. The SMILES string of the molecule is CCN(CC)S(=O)(=O)c1ccc(Cl)c(NC(=O)C(C)(C)Oc2ccc(F)cc2)c1. The van der Waals surface area contributed by atoms with Gasteiger partial charge in [0.2, 0.25) is 10.0 Å². The van der Waals surface area contributed by atoms with E-state index in [0.717, 1.165) is 0 Å². The fraction of sp³-hybridized carbons (Fsp3) is 0.350. The minimum atomic E-state index is -3.71. The molecule has 0 heterocycles. The summed E-state index contributed by atoms with van der Waals surface area (Å²) in [5.41, 5.74) is -1.17. The molecule has 0 radical (unpaired) electrons. The zero-order chi connectivity index (χ0) is 21.8. The van der Waals surface area contributed by atoms with Crippen molar-refractivity contribution < 1.29 is 22.3 Å². The topological polar surface area (TPSA) is 75.7 Å². The molecule has 0 aliphatic carbocycles. The van der Waals surface area contributed by atoms with Gasteiger partial charge in [-0.25, -0.2) is 12.8 Å². The van der Waals surface area contributed by atoms with E-state index in [9.17, 15) is 17.6 Å². The predicted molar refractivity (Wildman–Crippen MR) is 111 cm³/mol. The van der Waals surface area contributed by atoms with Crippen LogP contribution in [0.15, 0.2) is 47.4 Å². The first kappa shape index (κ1) is 23.1. The minimum Gasteiger partial charge on any atom is -0.478 e. The number of benzene rings is 2. The number of rotatable bonds is 8. The number of amides is 1. The van der Waals surface area contributed by atoms with Crippen molar-refractivity contribution in [1.82, 2.24) is 4.31 Å². The molecule has 2 rings (SSSR count). The van der Waals surface area contributed by atoms with Crippen molar-refractivity contribution in [2.24, 2.45) is 0 Å². The molecule has 0 spiro atoms. The third kappa shape index (κ3) is 5.46. The Labute approximate surface area is 175 Å². The van der Waals surface area contributed by atoms with E-state index in [1.807, 2.05) is 0 Å².